The van der Waals surface area contributed by atoms with Crippen molar-refractivity contribution in [2.45, 2.75) is 12.3 Å². The number of carbonyl (C=O) groups is 1. The minimum absolute atomic E-state index is 0.0414. The van der Waals surface area contributed by atoms with Crippen molar-refractivity contribution < 1.29 is 14.3 Å². The van der Waals surface area contributed by atoms with Gasteiger partial charge in [0.2, 0.25) is 0 Å². The van der Waals surface area contributed by atoms with Crippen LogP contribution in [0.2, 0.25) is 0 Å². The van der Waals surface area contributed by atoms with Gasteiger partial charge in [0.25, 0.3) is 5.91 Å². The number of hydrogen-bond acceptors (Lipinski definition) is 5. The summed E-state index contributed by atoms with van der Waals surface area (Å²) < 4.78 is 12.7. The summed E-state index contributed by atoms with van der Waals surface area (Å²) in [6.45, 7) is 1.38. The maximum Gasteiger partial charge on any atom is 0.253 e. The Labute approximate surface area is 163 Å². The molecule has 1 amide bonds. The minimum atomic E-state index is 0.0414. The van der Waals surface area contributed by atoms with E-state index in [-0.39, 0.29) is 11.8 Å². The highest BCUT2D eigenvalue weighted by atomic mass is 16.5. The van der Waals surface area contributed by atoms with Crippen molar-refractivity contribution in [1.82, 2.24) is 19.7 Å². The number of aromatic nitrogens is 3. The second-order valence-electron chi connectivity index (χ2n) is 6.76. The van der Waals surface area contributed by atoms with E-state index in [1.54, 1.807) is 31.4 Å². The quantitative estimate of drug-likeness (QED) is 0.683. The zero-order valence-corrected chi connectivity index (χ0v) is 15.9. The smallest absolute Gasteiger partial charge is 0.253 e. The van der Waals surface area contributed by atoms with Crippen molar-refractivity contribution >= 4 is 5.91 Å². The fraction of sp³-hybridized carbons (Fsp3) is 0.286. The number of amides is 1. The first-order chi connectivity index (χ1) is 13.7. The third kappa shape index (κ3) is 3.43. The van der Waals surface area contributed by atoms with Crippen LogP contribution in [-0.4, -0.2) is 52.9 Å². The van der Waals surface area contributed by atoms with Crippen LogP contribution >= 0.6 is 0 Å². The van der Waals surface area contributed by atoms with E-state index in [0.717, 1.165) is 35.7 Å². The molecule has 3 aromatic rings. The number of benzene rings is 2. The van der Waals surface area contributed by atoms with Gasteiger partial charge in [-0.2, -0.15) is 0 Å². The Hall–Kier alpha value is -3.35. The lowest BCUT2D eigenvalue weighted by atomic mass is 9.97. The van der Waals surface area contributed by atoms with Gasteiger partial charge in [0, 0.05) is 35.8 Å². The normalized spacial score (nSPS) is 16.2. The Kier molecular flexibility index (Phi) is 4.97. The standard InChI is InChI=1S/C21H22N4O3/c1-27-18-7-8-20(28-2)19(11-18)16-9-10-24(12-16)21(26)15-3-5-17(6-4-15)25-13-22-23-14-25/h3-8,11,13-14,16H,9-10,12H2,1-2H3/t16-/m1/s1. The molecule has 1 saturated heterocycles. The van der Waals surface area contributed by atoms with Crippen LogP contribution in [0.1, 0.15) is 28.3 Å². The molecule has 0 saturated carbocycles. The van der Waals surface area contributed by atoms with Crippen LogP contribution < -0.4 is 9.47 Å². The maximum absolute atomic E-state index is 12.9. The number of hydrogen-bond donors (Lipinski definition) is 0. The molecule has 0 radical (unpaired) electrons. The molecule has 7 nitrogen and oxygen atoms in total. The third-order valence-electron chi connectivity index (χ3n) is 5.18. The van der Waals surface area contributed by atoms with Gasteiger partial charge in [0.1, 0.15) is 24.2 Å². The first-order valence-corrected chi connectivity index (χ1v) is 9.16. The lowest BCUT2D eigenvalue weighted by Gasteiger charge is -2.19. The van der Waals surface area contributed by atoms with Crippen molar-refractivity contribution in [2.24, 2.45) is 0 Å². The van der Waals surface area contributed by atoms with Crippen LogP contribution in [0.3, 0.4) is 0 Å². The Bertz CT molecular complexity index is 954. The van der Waals surface area contributed by atoms with Crippen LogP contribution in [0, 0.1) is 0 Å². The van der Waals surface area contributed by atoms with Crippen molar-refractivity contribution in [3.05, 3.63) is 66.2 Å². The summed E-state index contributed by atoms with van der Waals surface area (Å²) in [5, 5.41) is 7.60. The Morgan fingerprint density at radius 3 is 2.46 bits per heavy atom. The van der Waals surface area contributed by atoms with Gasteiger partial charge >= 0.3 is 0 Å². The maximum atomic E-state index is 12.9. The summed E-state index contributed by atoms with van der Waals surface area (Å²) in [6.07, 6.45) is 4.15. The molecular formula is C21H22N4O3. The van der Waals surface area contributed by atoms with Crippen LogP contribution in [-0.2, 0) is 0 Å². The average molecular weight is 378 g/mol. The highest BCUT2D eigenvalue weighted by Crippen LogP contribution is 2.36. The molecule has 0 bridgehead atoms. The van der Waals surface area contributed by atoms with Crippen molar-refractivity contribution in [2.75, 3.05) is 27.3 Å². The second-order valence-corrected chi connectivity index (χ2v) is 6.76. The SMILES string of the molecule is COc1ccc(OC)c([C@@H]2CCN(C(=O)c3ccc(-n4cnnc4)cc3)C2)c1. The van der Waals surface area contributed by atoms with E-state index in [4.69, 9.17) is 9.47 Å². The molecule has 28 heavy (non-hydrogen) atoms. The summed E-state index contributed by atoms with van der Waals surface area (Å²) in [7, 11) is 3.32. The predicted molar refractivity (Wildman–Crippen MR) is 104 cm³/mol. The van der Waals surface area contributed by atoms with Gasteiger partial charge in [-0.05, 0) is 48.9 Å². The summed E-state index contributed by atoms with van der Waals surface area (Å²) in [6, 6.07) is 13.3. The summed E-state index contributed by atoms with van der Waals surface area (Å²) in [5.41, 5.74) is 2.68. The summed E-state index contributed by atoms with van der Waals surface area (Å²) >= 11 is 0. The molecule has 1 fully saturated rings. The Morgan fingerprint density at radius 2 is 1.79 bits per heavy atom. The first-order valence-electron chi connectivity index (χ1n) is 9.16. The lowest BCUT2D eigenvalue weighted by molar-refractivity contribution is 0.0790. The van der Waals surface area contributed by atoms with Gasteiger partial charge < -0.3 is 14.4 Å². The van der Waals surface area contributed by atoms with Crippen LogP contribution in [0.4, 0.5) is 0 Å². The number of carbonyl (C=O) groups excluding carboxylic acids is 1. The van der Waals surface area contributed by atoms with E-state index in [9.17, 15) is 4.79 Å². The highest BCUT2D eigenvalue weighted by Gasteiger charge is 2.30. The Morgan fingerprint density at radius 1 is 1.04 bits per heavy atom. The van der Waals surface area contributed by atoms with Gasteiger partial charge in [0.15, 0.2) is 0 Å². The van der Waals surface area contributed by atoms with Crippen LogP contribution in [0.25, 0.3) is 5.69 Å². The Balaban J connectivity index is 1.49. The molecule has 1 aliphatic heterocycles. The monoisotopic (exact) mass is 378 g/mol. The van der Waals surface area contributed by atoms with Crippen LogP contribution in [0.15, 0.2) is 55.1 Å². The first kappa shape index (κ1) is 18.0. The second kappa shape index (κ2) is 7.72. The van der Waals surface area contributed by atoms with Gasteiger partial charge in [-0.15, -0.1) is 10.2 Å². The van der Waals surface area contributed by atoms with Crippen molar-refractivity contribution in [3.63, 3.8) is 0 Å². The summed E-state index contributed by atoms with van der Waals surface area (Å²) in [5.74, 6) is 1.90. The van der Waals surface area contributed by atoms with Gasteiger partial charge in [-0.1, -0.05) is 0 Å². The minimum Gasteiger partial charge on any atom is -0.497 e. The number of methoxy groups -OCH3 is 2. The van der Waals surface area contributed by atoms with E-state index < -0.39 is 0 Å². The van der Waals surface area contributed by atoms with Crippen molar-refractivity contribution in [3.8, 4) is 17.2 Å². The molecular weight excluding hydrogens is 356 g/mol. The van der Waals surface area contributed by atoms with E-state index in [2.05, 4.69) is 10.2 Å². The molecule has 0 spiro atoms. The fourth-order valence-electron chi connectivity index (χ4n) is 3.65. The molecule has 2 heterocycles. The number of likely N-dealkylation sites (tertiary alicyclic amines) is 1. The molecule has 0 unspecified atom stereocenters. The topological polar surface area (TPSA) is 69.5 Å². The highest BCUT2D eigenvalue weighted by molar-refractivity contribution is 5.94. The number of ether oxygens (including phenoxy) is 2. The van der Waals surface area contributed by atoms with E-state index in [1.807, 2.05) is 47.4 Å². The van der Waals surface area contributed by atoms with Crippen LogP contribution in [0.5, 0.6) is 11.5 Å². The number of rotatable bonds is 5. The van der Waals surface area contributed by atoms with E-state index in [1.165, 1.54) is 0 Å². The summed E-state index contributed by atoms with van der Waals surface area (Å²) in [4.78, 5) is 14.8. The van der Waals surface area contributed by atoms with E-state index >= 15 is 0 Å². The lowest BCUT2D eigenvalue weighted by Crippen LogP contribution is -2.28. The third-order valence-corrected chi connectivity index (χ3v) is 5.18. The zero-order chi connectivity index (χ0) is 19.5. The molecule has 0 aliphatic carbocycles. The molecule has 0 N–H and O–H groups in total. The average Bonchev–Trinajstić information content (AvgIpc) is 3.45. The van der Waals surface area contributed by atoms with Gasteiger partial charge in [-0.3, -0.25) is 9.36 Å². The molecule has 4 rings (SSSR count). The molecule has 2 aromatic carbocycles. The van der Waals surface area contributed by atoms with Gasteiger partial charge in [0.05, 0.1) is 14.2 Å². The predicted octanol–water partition coefficient (Wildman–Crippen LogP) is 2.91. The van der Waals surface area contributed by atoms with E-state index in [0.29, 0.717) is 12.1 Å². The zero-order valence-electron chi connectivity index (χ0n) is 15.9. The largest absolute Gasteiger partial charge is 0.497 e. The van der Waals surface area contributed by atoms with Crippen molar-refractivity contribution in [1.29, 1.82) is 0 Å². The molecule has 1 atom stereocenters. The molecule has 1 aliphatic rings. The van der Waals surface area contributed by atoms with Gasteiger partial charge in [-0.25, -0.2) is 0 Å². The molecule has 144 valence electrons. The number of nitrogens with zero attached hydrogens (tertiary/aromatic N) is 4. The molecule has 1 aromatic heterocycles. The fourth-order valence-corrected chi connectivity index (χ4v) is 3.65. The molecule has 7 heteroatoms.